The SMILES string of the molecule is COCCCN1C(=O)C(CC(=O)Nc2cccc([N+](=O)[O-])c2)SC1=Nc1ccc(C)cc1C. The second-order valence-corrected chi connectivity index (χ2v) is 8.86. The van der Waals surface area contributed by atoms with Crippen molar-refractivity contribution in [2.75, 3.05) is 25.6 Å². The zero-order chi connectivity index (χ0) is 24.0. The van der Waals surface area contributed by atoms with Gasteiger partial charge in [0.25, 0.3) is 5.69 Å². The number of amides is 2. The third-order valence-corrected chi connectivity index (χ3v) is 6.21. The van der Waals surface area contributed by atoms with Gasteiger partial charge in [0, 0.05) is 44.5 Å². The van der Waals surface area contributed by atoms with Crippen LogP contribution in [0.4, 0.5) is 17.1 Å². The summed E-state index contributed by atoms with van der Waals surface area (Å²) in [5, 5.41) is 13.5. The number of aliphatic imine (C=N–C) groups is 1. The zero-order valence-corrected chi connectivity index (χ0v) is 19.6. The van der Waals surface area contributed by atoms with Crippen molar-refractivity contribution in [3.8, 4) is 0 Å². The van der Waals surface area contributed by atoms with E-state index in [9.17, 15) is 19.7 Å². The Labute approximate surface area is 196 Å². The lowest BCUT2D eigenvalue weighted by Gasteiger charge is -2.16. The number of non-ortho nitro benzene ring substituents is 1. The first-order chi connectivity index (χ1) is 15.8. The monoisotopic (exact) mass is 470 g/mol. The third-order valence-electron chi connectivity index (χ3n) is 5.03. The van der Waals surface area contributed by atoms with Crippen LogP contribution in [0.2, 0.25) is 0 Å². The lowest BCUT2D eigenvalue weighted by atomic mass is 10.1. The molecule has 10 heteroatoms. The molecule has 9 nitrogen and oxygen atoms in total. The smallest absolute Gasteiger partial charge is 0.271 e. The molecule has 2 aromatic carbocycles. The number of nitrogens with one attached hydrogen (secondary N) is 1. The summed E-state index contributed by atoms with van der Waals surface area (Å²) in [7, 11) is 1.60. The van der Waals surface area contributed by atoms with Crippen LogP contribution in [0.25, 0.3) is 0 Å². The summed E-state index contributed by atoms with van der Waals surface area (Å²) in [5.41, 5.74) is 3.09. The molecule has 1 aliphatic heterocycles. The van der Waals surface area contributed by atoms with Gasteiger partial charge in [-0.3, -0.25) is 24.6 Å². The highest BCUT2D eigenvalue weighted by Gasteiger charge is 2.39. The Morgan fingerprint density at radius 2 is 2.06 bits per heavy atom. The summed E-state index contributed by atoms with van der Waals surface area (Å²) in [6.45, 7) is 4.91. The second-order valence-electron chi connectivity index (χ2n) is 7.69. The van der Waals surface area contributed by atoms with Gasteiger partial charge in [0.05, 0.1) is 10.6 Å². The van der Waals surface area contributed by atoms with Gasteiger partial charge in [0.2, 0.25) is 11.8 Å². The Hall–Kier alpha value is -3.24. The molecule has 0 saturated carbocycles. The normalized spacial score (nSPS) is 16.9. The number of amidine groups is 1. The minimum atomic E-state index is -0.629. The standard InChI is InChI=1S/C23H26N4O5S/c1-15-8-9-19(16(2)12-15)25-23-26(10-5-11-32-3)22(29)20(33-23)14-21(28)24-17-6-4-7-18(13-17)27(30)31/h4,6-9,12-13,20H,5,10-11,14H2,1-3H3,(H,24,28). The highest BCUT2D eigenvalue weighted by molar-refractivity contribution is 8.15. The maximum atomic E-state index is 13.1. The molecule has 2 amide bonds. The number of carbonyl (C=O) groups excluding carboxylic acids is 2. The highest BCUT2D eigenvalue weighted by Crippen LogP contribution is 2.33. The number of methoxy groups -OCH3 is 1. The Morgan fingerprint density at radius 3 is 2.76 bits per heavy atom. The zero-order valence-electron chi connectivity index (χ0n) is 18.7. The summed E-state index contributed by atoms with van der Waals surface area (Å²) >= 11 is 1.26. The predicted octanol–water partition coefficient (Wildman–Crippen LogP) is 4.21. The number of carbonyl (C=O) groups is 2. The number of thioether (sulfide) groups is 1. The summed E-state index contributed by atoms with van der Waals surface area (Å²) in [6.07, 6.45) is 0.570. The molecular weight excluding hydrogens is 444 g/mol. The van der Waals surface area contributed by atoms with Crippen LogP contribution in [0.5, 0.6) is 0 Å². The first-order valence-corrected chi connectivity index (χ1v) is 11.3. The molecule has 1 heterocycles. The maximum absolute atomic E-state index is 13.1. The molecule has 0 aliphatic carbocycles. The fraction of sp³-hybridized carbons (Fsp3) is 0.348. The average Bonchev–Trinajstić information content (AvgIpc) is 3.04. The van der Waals surface area contributed by atoms with Gasteiger partial charge < -0.3 is 10.1 Å². The molecule has 1 fully saturated rings. The van der Waals surface area contributed by atoms with E-state index in [1.807, 2.05) is 32.0 Å². The second kappa shape index (κ2) is 11.1. The van der Waals surface area contributed by atoms with Gasteiger partial charge in [-0.15, -0.1) is 0 Å². The molecular formula is C23H26N4O5S. The Balaban J connectivity index is 1.76. The topological polar surface area (TPSA) is 114 Å². The van der Waals surface area contributed by atoms with Crippen molar-refractivity contribution >= 4 is 45.8 Å². The van der Waals surface area contributed by atoms with Crippen LogP contribution in [0.1, 0.15) is 24.0 Å². The summed E-state index contributed by atoms with van der Waals surface area (Å²) in [4.78, 5) is 42.4. The number of aryl methyl sites for hydroxylation is 2. The minimum Gasteiger partial charge on any atom is -0.385 e. The van der Waals surface area contributed by atoms with Gasteiger partial charge in [0.1, 0.15) is 5.25 Å². The van der Waals surface area contributed by atoms with E-state index in [1.165, 1.54) is 30.0 Å². The number of rotatable bonds is 9. The summed E-state index contributed by atoms with van der Waals surface area (Å²) in [5.74, 6) is -0.584. The molecule has 0 bridgehead atoms. The number of ether oxygens (including phenoxy) is 1. The number of nitrogens with zero attached hydrogens (tertiary/aromatic N) is 3. The number of benzene rings is 2. The van der Waals surface area contributed by atoms with E-state index < -0.39 is 16.1 Å². The molecule has 0 radical (unpaired) electrons. The van der Waals surface area contributed by atoms with Crippen molar-refractivity contribution in [3.63, 3.8) is 0 Å². The van der Waals surface area contributed by atoms with Crippen LogP contribution in [-0.2, 0) is 14.3 Å². The van der Waals surface area contributed by atoms with Crippen LogP contribution < -0.4 is 5.32 Å². The van der Waals surface area contributed by atoms with Gasteiger partial charge >= 0.3 is 0 Å². The van der Waals surface area contributed by atoms with E-state index in [4.69, 9.17) is 9.73 Å². The van der Waals surface area contributed by atoms with Crippen LogP contribution in [0.3, 0.4) is 0 Å². The Morgan fingerprint density at radius 1 is 1.27 bits per heavy atom. The van der Waals surface area contributed by atoms with E-state index in [0.29, 0.717) is 30.4 Å². The van der Waals surface area contributed by atoms with Crippen molar-refractivity contribution in [1.29, 1.82) is 0 Å². The molecule has 0 aromatic heterocycles. The van der Waals surface area contributed by atoms with Gasteiger partial charge in [-0.25, -0.2) is 4.99 Å². The van der Waals surface area contributed by atoms with Gasteiger partial charge in [0.15, 0.2) is 5.17 Å². The van der Waals surface area contributed by atoms with E-state index in [-0.39, 0.29) is 18.0 Å². The first kappa shape index (κ1) is 24.4. The van der Waals surface area contributed by atoms with Crippen molar-refractivity contribution in [1.82, 2.24) is 4.90 Å². The molecule has 1 unspecified atom stereocenters. The Kier molecular flexibility index (Phi) is 8.18. The predicted molar refractivity (Wildman–Crippen MR) is 129 cm³/mol. The average molecular weight is 471 g/mol. The van der Waals surface area contributed by atoms with Crippen molar-refractivity contribution < 1.29 is 19.2 Å². The van der Waals surface area contributed by atoms with E-state index >= 15 is 0 Å². The molecule has 1 aliphatic rings. The summed E-state index contributed by atoms with van der Waals surface area (Å²) < 4.78 is 5.11. The number of nitro benzene ring substituents is 1. The van der Waals surface area contributed by atoms with Crippen LogP contribution in [0.15, 0.2) is 47.5 Å². The molecule has 174 valence electrons. The molecule has 2 aromatic rings. The third kappa shape index (κ3) is 6.39. The van der Waals surface area contributed by atoms with Gasteiger partial charge in [-0.1, -0.05) is 35.5 Å². The quantitative estimate of drug-likeness (QED) is 0.334. The molecule has 3 rings (SSSR count). The molecule has 1 N–H and O–H groups in total. The molecule has 1 atom stereocenters. The van der Waals surface area contributed by atoms with Crippen molar-refractivity contribution in [2.45, 2.75) is 31.9 Å². The first-order valence-electron chi connectivity index (χ1n) is 10.5. The number of nitro groups is 1. The van der Waals surface area contributed by atoms with E-state index in [0.717, 1.165) is 16.8 Å². The Bertz CT molecular complexity index is 1090. The lowest BCUT2D eigenvalue weighted by molar-refractivity contribution is -0.384. The fourth-order valence-electron chi connectivity index (χ4n) is 3.41. The van der Waals surface area contributed by atoms with Crippen molar-refractivity contribution in [2.24, 2.45) is 4.99 Å². The van der Waals surface area contributed by atoms with E-state index in [2.05, 4.69) is 5.32 Å². The largest absolute Gasteiger partial charge is 0.385 e. The summed E-state index contributed by atoms with van der Waals surface area (Å²) in [6, 6.07) is 11.6. The molecule has 1 saturated heterocycles. The number of hydrogen-bond acceptors (Lipinski definition) is 7. The maximum Gasteiger partial charge on any atom is 0.271 e. The van der Waals surface area contributed by atoms with Gasteiger partial charge in [-0.2, -0.15) is 0 Å². The minimum absolute atomic E-state index is 0.0706. The lowest BCUT2D eigenvalue weighted by Crippen LogP contribution is -2.34. The molecule has 0 spiro atoms. The van der Waals surface area contributed by atoms with Crippen LogP contribution in [0, 0.1) is 24.0 Å². The van der Waals surface area contributed by atoms with E-state index in [1.54, 1.807) is 18.1 Å². The van der Waals surface area contributed by atoms with Crippen LogP contribution >= 0.6 is 11.8 Å². The highest BCUT2D eigenvalue weighted by atomic mass is 32.2. The van der Waals surface area contributed by atoms with Crippen LogP contribution in [-0.4, -0.2) is 52.3 Å². The molecule has 33 heavy (non-hydrogen) atoms. The van der Waals surface area contributed by atoms with Gasteiger partial charge in [-0.05, 0) is 38.0 Å². The number of anilines is 1. The fourth-order valence-corrected chi connectivity index (χ4v) is 4.59. The number of hydrogen-bond donors (Lipinski definition) is 1. The van der Waals surface area contributed by atoms with Crippen molar-refractivity contribution in [3.05, 3.63) is 63.7 Å².